The molecular weight excluding hydrogens is 166 g/mol. The van der Waals surface area contributed by atoms with E-state index in [0.29, 0.717) is 5.57 Å². The fourth-order valence-corrected chi connectivity index (χ4v) is 1.15. The first-order valence-corrected chi connectivity index (χ1v) is 4.57. The van der Waals surface area contributed by atoms with E-state index in [1.165, 1.54) is 0 Å². The van der Waals surface area contributed by atoms with Gasteiger partial charge in [0.2, 0.25) is 0 Å². The Hall–Kier alpha value is -0.830. The van der Waals surface area contributed by atoms with Gasteiger partial charge in [-0.25, -0.2) is 4.79 Å². The summed E-state index contributed by atoms with van der Waals surface area (Å²) in [6.07, 6.45) is 3.87. The Kier molecular flexibility index (Phi) is 5.39. The minimum atomic E-state index is -0.831. The van der Waals surface area contributed by atoms with Crippen LogP contribution in [-0.4, -0.2) is 36.1 Å². The van der Waals surface area contributed by atoms with Gasteiger partial charge >= 0.3 is 5.97 Å². The summed E-state index contributed by atoms with van der Waals surface area (Å²) in [5.74, 6) is -0.831. The standard InChI is InChI=1S/C10H19NO2/c1-5-6-9(11(3)4)7-8(2)10(12)13/h7,9H,5-6H2,1-4H3,(H,12,13). The summed E-state index contributed by atoms with van der Waals surface area (Å²) in [5, 5.41) is 8.69. The van der Waals surface area contributed by atoms with E-state index in [-0.39, 0.29) is 6.04 Å². The zero-order valence-corrected chi connectivity index (χ0v) is 8.87. The SMILES string of the molecule is CCCC(C=C(C)C(=O)O)N(C)C. The van der Waals surface area contributed by atoms with Crippen LogP contribution in [0.25, 0.3) is 0 Å². The summed E-state index contributed by atoms with van der Waals surface area (Å²) in [7, 11) is 3.93. The van der Waals surface area contributed by atoms with Gasteiger partial charge in [-0.3, -0.25) is 0 Å². The molecule has 0 bridgehead atoms. The molecular formula is C10H19NO2. The van der Waals surface area contributed by atoms with Crippen molar-refractivity contribution in [1.29, 1.82) is 0 Å². The first-order valence-electron chi connectivity index (χ1n) is 4.57. The third-order valence-electron chi connectivity index (χ3n) is 2.03. The predicted molar refractivity (Wildman–Crippen MR) is 53.8 cm³/mol. The number of aliphatic carboxylic acids is 1. The maximum atomic E-state index is 10.6. The second-order valence-corrected chi connectivity index (χ2v) is 3.47. The second-order valence-electron chi connectivity index (χ2n) is 3.47. The topological polar surface area (TPSA) is 40.5 Å². The highest BCUT2D eigenvalue weighted by Gasteiger charge is 2.09. The van der Waals surface area contributed by atoms with Gasteiger partial charge < -0.3 is 10.0 Å². The Morgan fingerprint density at radius 3 is 2.38 bits per heavy atom. The van der Waals surface area contributed by atoms with Gasteiger partial charge in [0.15, 0.2) is 0 Å². The highest BCUT2D eigenvalue weighted by Crippen LogP contribution is 2.07. The third kappa shape index (κ3) is 4.68. The fourth-order valence-electron chi connectivity index (χ4n) is 1.15. The van der Waals surface area contributed by atoms with Gasteiger partial charge in [-0.1, -0.05) is 19.4 Å². The molecule has 0 aromatic heterocycles. The molecule has 0 spiro atoms. The molecule has 76 valence electrons. The summed E-state index contributed by atoms with van der Waals surface area (Å²) in [6, 6.07) is 0.237. The number of carbonyl (C=O) groups is 1. The summed E-state index contributed by atoms with van der Waals surface area (Å²) in [6.45, 7) is 3.73. The third-order valence-corrected chi connectivity index (χ3v) is 2.03. The van der Waals surface area contributed by atoms with E-state index < -0.39 is 5.97 Å². The molecule has 13 heavy (non-hydrogen) atoms. The number of carboxylic acids is 1. The number of carboxylic acid groups (broad SMARTS) is 1. The molecule has 1 N–H and O–H groups in total. The largest absolute Gasteiger partial charge is 0.478 e. The van der Waals surface area contributed by atoms with Crippen LogP contribution in [0.3, 0.4) is 0 Å². The Labute approximate surface area is 80.0 Å². The summed E-state index contributed by atoms with van der Waals surface area (Å²) < 4.78 is 0. The van der Waals surface area contributed by atoms with E-state index in [9.17, 15) is 4.79 Å². The number of nitrogens with zero attached hydrogens (tertiary/aromatic N) is 1. The Balaban J connectivity index is 4.39. The van der Waals surface area contributed by atoms with Crippen molar-refractivity contribution in [2.75, 3.05) is 14.1 Å². The molecule has 3 nitrogen and oxygen atoms in total. The van der Waals surface area contributed by atoms with Gasteiger partial charge in [0.25, 0.3) is 0 Å². The summed E-state index contributed by atoms with van der Waals surface area (Å²) in [4.78, 5) is 12.6. The molecule has 0 aromatic carbocycles. The highest BCUT2D eigenvalue weighted by molar-refractivity contribution is 5.85. The van der Waals surface area contributed by atoms with Gasteiger partial charge in [0.1, 0.15) is 0 Å². The molecule has 1 atom stereocenters. The lowest BCUT2D eigenvalue weighted by Gasteiger charge is -2.20. The lowest BCUT2D eigenvalue weighted by atomic mass is 10.1. The number of hydrogen-bond acceptors (Lipinski definition) is 2. The van der Waals surface area contributed by atoms with Crippen LogP contribution in [0.4, 0.5) is 0 Å². The molecule has 0 aliphatic carbocycles. The lowest BCUT2D eigenvalue weighted by molar-refractivity contribution is -0.132. The van der Waals surface area contributed by atoms with Crippen LogP contribution in [0.15, 0.2) is 11.6 Å². The van der Waals surface area contributed by atoms with Crippen molar-refractivity contribution in [3.8, 4) is 0 Å². The van der Waals surface area contributed by atoms with Crippen molar-refractivity contribution in [3.05, 3.63) is 11.6 Å². The maximum Gasteiger partial charge on any atom is 0.331 e. The van der Waals surface area contributed by atoms with Crippen LogP contribution >= 0.6 is 0 Å². The molecule has 0 aromatic rings. The average molecular weight is 185 g/mol. The van der Waals surface area contributed by atoms with Gasteiger partial charge in [0.05, 0.1) is 0 Å². The van der Waals surface area contributed by atoms with Crippen LogP contribution in [0.1, 0.15) is 26.7 Å². The lowest BCUT2D eigenvalue weighted by Crippen LogP contribution is -2.26. The normalized spacial score (nSPS) is 14.7. The second kappa shape index (κ2) is 5.75. The average Bonchev–Trinajstić information content (AvgIpc) is 2.03. The molecule has 0 heterocycles. The van der Waals surface area contributed by atoms with Crippen LogP contribution in [0, 0.1) is 0 Å². The highest BCUT2D eigenvalue weighted by atomic mass is 16.4. The quantitative estimate of drug-likeness (QED) is 0.663. The molecule has 0 amide bonds. The van der Waals surface area contributed by atoms with Gasteiger partial charge in [-0.2, -0.15) is 0 Å². The first kappa shape index (κ1) is 12.2. The minimum absolute atomic E-state index is 0.237. The van der Waals surface area contributed by atoms with E-state index in [2.05, 4.69) is 6.92 Å². The monoisotopic (exact) mass is 185 g/mol. The molecule has 0 saturated carbocycles. The van der Waals surface area contributed by atoms with Crippen molar-refractivity contribution >= 4 is 5.97 Å². The van der Waals surface area contributed by atoms with Crippen molar-refractivity contribution in [3.63, 3.8) is 0 Å². The molecule has 1 unspecified atom stereocenters. The van der Waals surface area contributed by atoms with Gasteiger partial charge in [0, 0.05) is 11.6 Å². The van der Waals surface area contributed by atoms with E-state index in [0.717, 1.165) is 12.8 Å². The Morgan fingerprint density at radius 2 is 2.08 bits per heavy atom. The molecule has 0 radical (unpaired) electrons. The van der Waals surface area contributed by atoms with E-state index in [4.69, 9.17) is 5.11 Å². The summed E-state index contributed by atoms with van der Waals surface area (Å²) in [5.41, 5.74) is 0.423. The minimum Gasteiger partial charge on any atom is -0.478 e. The van der Waals surface area contributed by atoms with Gasteiger partial charge in [-0.15, -0.1) is 0 Å². The van der Waals surface area contributed by atoms with Crippen molar-refractivity contribution in [2.24, 2.45) is 0 Å². The van der Waals surface area contributed by atoms with E-state index >= 15 is 0 Å². The van der Waals surface area contributed by atoms with Crippen LogP contribution < -0.4 is 0 Å². The molecule has 0 aliphatic rings. The van der Waals surface area contributed by atoms with E-state index in [1.807, 2.05) is 25.1 Å². The Bertz CT molecular complexity index is 197. The zero-order valence-electron chi connectivity index (χ0n) is 8.87. The number of likely N-dealkylation sites (N-methyl/N-ethyl adjacent to an activating group) is 1. The smallest absolute Gasteiger partial charge is 0.331 e. The van der Waals surface area contributed by atoms with Crippen molar-refractivity contribution < 1.29 is 9.90 Å². The summed E-state index contributed by atoms with van der Waals surface area (Å²) >= 11 is 0. The first-order chi connectivity index (χ1) is 5.99. The molecule has 3 heteroatoms. The molecule has 0 saturated heterocycles. The van der Waals surface area contributed by atoms with Crippen molar-refractivity contribution in [2.45, 2.75) is 32.7 Å². The van der Waals surface area contributed by atoms with Crippen LogP contribution in [0.5, 0.6) is 0 Å². The van der Waals surface area contributed by atoms with Crippen molar-refractivity contribution in [1.82, 2.24) is 4.90 Å². The van der Waals surface area contributed by atoms with Crippen LogP contribution in [0.2, 0.25) is 0 Å². The van der Waals surface area contributed by atoms with E-state index in [1.54, 1.807) is 6.92 Å². The zero-order chi connectivity index (χ0) is 10.4. The predicted octanol–water partition coefficient (Wildman–Crippen LogP) is 1.75. The fraction of sp³-hybridized carbons (Fsp3) is 0.700. The molecule has 0 aliphatic heterocycles. The van der Waals surface area contributed by atoms with Crippen LogP contribution in [-0.2, 0) is 4.79 Å². The molecule has 0 fully saturated rings. The number of rotatable bonds is 5. The Morgan fingerprint density at radius 1 is 1.54 bits per heavy atom. The van der Waals surface area contributed by atoms with Gasteiger partial charge in [-0.05, 0) is 27.4 Å². The number of hydrogen-bond donors (Lipinski definition) is 1. The maximum absolute atomic E-state index is 10.6. The molecule has 0 rings (SSSR count).